The highest BCUT2D eigenvalue weighted by Crippen LogP contribution is 2.24. The van der Waals surface area contributed by atoms with Crippen molar-refractivity contribution < 1.29 is 18.0 Å². The Kier molecular flexibility index (Phi) is 6.29. The van der Waals surface area contributed by atoms with Crippen LogP contribution in [0.15, 0.2) is 18.2 Å². The third-order valence-electron chi connectivity index (χ3n) is 4.23. The minimum absolute atomic E-state index is 0.0100. The van der Waals surface area contributed by atoms with E-state index in [0.29, 0.717) is 31.0 Å². The van der Waals surface area contributed by atoms with Gasteiger partial charge in [0.05, 0.1) is 17.0 Å². The number of hydrogen-bond acceptors (Lipinski definition) is 4. The quantitative estimate of drug-likeness (QED) is 0.803. The van der Waals surface area contributed by atoms with Crippen molar-refractivity contribution in [2.45, 2.75) is 19.8 Å². The molecule has 1 aliphatic rings. The summed E-state index contributed by atoms with van der Waals surface area (Å²) in [5.74, 6) is -0.483. The predicted molar refractivity (Wildman–Crippen MR) is 97.2 cm³/mol. The van der Waals surface area contributed by atoms with E-state index in [2.05, 4.69) is 10.0 Å². The molecule has 0 radical (unpaired) electrons. The summed E-state index contributed by atoms with van der Waals surface area (Å²) in [5, 5.41) is 2.81. The Morgan fingerprint density at radius 1 is 1.28 bits per heavy atom. The van der Waals surface area contributed by atoms with Crippen molar-refractivity contribution in [3.8, 4) is 0 Å². The van der Waals surface area contributed by atoms with E-state index in [1.807, 2.05) is 0 Å². The summed E-state index contributed by atoms with van der Waals surface area (Å²) in [6, 6.07) is 4.42. The smallest absolute Gasteiger partial charge is 0.253 e. The molecule has 1 aromatic carbocycles. The molecule has 1 aromatic rings. The summed E-state index contributed by atoms with van der Waals surface area (Å²) in [5.41, 5.74) is 0.370. The highest BCUT2D eigenvalue weighted by atomic mass is 35.5. The number of carbonyl (C=O) groups excluding carboxylic acids is 2. The summed E-state index contributed by atoms with van der Waals surface area (Å²) in [6.07, 6.45) is 1.28. The van der Waals surface area contributed by atoms with Crippen molar-refractivity contribution in [1.82, 2.24) is 10.2 Å². The molecule has 1 fully saturated rings. The average Bonchev–Trinajstić information content (AvgIpc) is 2.55. The molecular formula is C16H22ClN3O4S. The first kappa shape index (κ1) is 19.5. The molecule has 0 aromatic heterocycles. The number of nitrogens with one attached hydrogen (secondary N) is 2. The summed E-state index contributed by atoms with van der Waals surface area (Å²) >= 11 is 5.89. The fourth-order valence-electron chi connectivity index (χ4n) is 2.86. The largest absolute Gasteiger partial charge is 0.355 e. The maximum absolute atomic E-state index is 12.5. The Balaban J connectivity index is 2.07. The highest BCUT2D eigenvalue weighted by Gasteiger charge is 2.26. The second-order valence-electron chi connectivity index (χ2n) is 6.10. The van der Waals surface area contributed by atoms with Gasteiger partial charge in [-0.05, 0) is 37.0 Å². The minimum atomic E-state index is -3.63. The van der Waals surface area contributed by atoms with Crippen LogP contribution in [-0.2, 0) is 14.8 Å². The summed E-state index contributed by atoms with van der Waals surface area (Å²) in [7, 11) is -2.16. The zero-order chi connectivity index (χ0) is 18.6. The number of anilines is 1. The number of likely N-dealkylation sites (tertiary alicyclic amines) is 1. The SMILES string of the molecule is CNC(=O)c1cc(Cl)ccc1NS(=O)(=O)CC1CCN(C(C)=O)CC1. The third kappa shape index (κ3) is 5.34. The molecule has 0 bridgehead atoms. The molecule has 9 heteroatoms. The van der Waals surface area contributed by atoms with Crippen molar-refractivity contribution in [2.24, 2.45) is 5.92 Å². The molecule has 1 aliphatic heterocycles. The average molecular weight is 388 g/mol. The molecule has 0 atom stereocenters. The van der Waals surface area contributed by atoms with Crippen molar-refractivity contribution in [1.29, 1.82) is 0 Å². The summed E-state index contributed by atoms with van der Waals surface area (Å²) in [6.45, 7) is 2.65. The number of piperidine rings is 1. The number of rotatable bonds is 5. The first-order chi connectivity index (χ1) is 11.7. The lowest BCUT2D eigenvalue weighted by molar-refractivity contribution is -0.130. The zero-order valence-corrected chi connectivity index (χ0v) is 15.8. The maximum Gasteiger partial charge on any atom is 0.253 e. The Labute approximate surface area is 152 Å². The minimum Gasteiger partial charge on any atom is -0.355 e. The molecule has 25 heavy (non-hydrogen) atoms. The molecule has 138 valence electrons. The van der Waals surface area contributed by atoms with E-state index in [0.717, 1.165) is 0 Å². The molecule has 7 nitrogen and oxygen atoms in total. The number of sulfonamides is 1. The number of amides is 2. The van der Waals surface area contributed by atoms with E-state index in [-0.39, 0.29) is 28.8 Å². The van der Waals surface area contributed by atoms with Gasteiger partial charge in [0.2, 0.25) is 15.9 Å². The standard InChI is InChI=1S/C16H22ClN3O4S/c1-11(21)20-7-5-12(6-8-20)10-25(23,24)19-15-4-3-13(17)9-14(15)16(22)18-2/h3-4,9,12,19H,5-8,10H2,1-2H3,(H,18,22). The van der Waals surface area contributed by atoms with E-state index in [1.54, 1.807) is 4.90 Å². The Morgan fingerprint density at radius 2 is 1.92 bits per heavy atom. The molecule has 2 rings (SSSR count). The van der Waals surface area contributed by atoms with Gasteiger partial charge in [0.25, 0.3) is 5.91 Å². The fourth-order valence-corrected chi connectivity index (χ4v) is 4.58. The summed E-state index contributed by atoms with van der Waals surface area (Å²) in [4.78, 5) is 25.0. The van der Waals surface area contributed by atoms with Gasteiger partial charge < -0.3 is 10.2 Å². The van der Waals surface area contributed by atoms with Crippen molar-refractivity contribution >= 4 is 39.1 Å². The molecule has 0 aliphatic carbocycles. The van der Waals surface area contributed by atoms with Crippen molar-refractivity contribution in [3.63, 3.8) is 0 Å². The third-order valence-corrected chi connectivity index (χ3v) is 5.91. The zero-order valence-electron chi connectivity index (χ0n) is 14.2. The molecule has 1 saturated heterocycles. The number of carbonyl (C=O) groups is 2. The topological polar surface area (TPSA) is 95.6 Å². The lowest BCUT2D eigenvalue weighted by Crippen LogP contribution is -2.39. The van der Waals surface area contributed by atoms with Crippen molar-refractivity contribution in [3.05, 3.63) is 28.8 Å². The van der Waals surface area contributed by atoms with Crippen LogP contribution in [0.3, 0.4) is 0 Å². The molecule has 1 heterocycles. The van der Waals surface area contributed by atoms with Gasteiger partial charge in [-0.25, -0.2) is 8.42 Å². The van der Waals surface area contributed by atoms with Crippen LogP contribution in [0.4, 0.5) is 5.69 Å². The van der Waals surface area contributed by atoms with Crippen LogP contribution < -0.4 is 10.0 Å². The van der Waals surface area contributed by atoms with E-state index in [1.165, 1.54) is 32.2 Å². The van der Waals surface area contributed by atoms with Gasteiger partial charge in [0.15, 0.2) is 0 Å². The van der Waals surface area contributed by atoms with Crippen LogP contribution in [0.2, 0.25) is 5.02 Å². The van der Waals surface area contributed by atoms with Gasteiger partial charge in [-0.3, -0.25) is 14.3 Å². The second-order valence-corrected chi connectivity index (χ2v) is 8.31. The first-order valence-electron chi connectivity index (χ1n) is 7.99. The van der Waals surface area contributed by atoms with Gasteiger partial charge in [0, 0.05) is 32.1 Å². The Bertz CT molecular complexity index is 759. The van der Waals surface area contributed by atoms with Crippen LogP contribution >= 0.6 is 11.6 Å². The fraction of sp³-hybridized carbons (Fsp3) is 0.500. The van der Waals surface area contributed by atoms with Crippen LogP contribution in [-0.4, -0.2) is 51.0 Å². The lowest BCUT2D eigenvalue weighted by Gasteiger charge is -2.31. The highest BCUT2D eigenvalue weighted by molar-refractivity contribution is 7.92. The number of hydrogen-bond donors (Lipinski definition) is 2. The van der Waals surface area contributed by atoms with E-state index < -0.39 is 15.9 Å². The van der Waals surface area contributed by atoms with Crippen LogP contribution in [0.1, 0.15) is 30.1 Å². The van der Waals surface area contributed by atoms with Gasteiger partial charge >= 0.3 is 0 Å². The van der Waals surface area contributed by atoms with E-state index in [4.69, 9.17) is 11.6 Å². The first-order valence-corrected chi connectivity index (χ1v) is 10.0. The van der Waals surface area contributed by atoms with E-state index in [9.17, 15) is 18.0 Å². The van der Waals surface area contributed by atoms with Gasteiger partial charge in [0.1, 0.15) is 0 Å². The Morgan fingerprint density at radius 3 is 2.48 bits per heavy atom. The predicted octanol–water partition coefficient (Wildman–Crippen LogP) is 1.70. The molecule has 0 saturated carbocycles. The molecule has 0 spiro atoms. The second kappa shape index (κ2) is 8.05. The number of benzene rings is 1. The Hall–Kier alpha value is -1.80. The number of nitrogens with zero attached hydrogens (tertiary/aromatic N) is 1. The van der Waals surface area contributed by atoms with Crippen LogP contribution in [0.25, 0.3) is 0 Å². The monoisotopic (exact) mass is 387 g/mol. The molecule has 0 unspecified atom stereocenters. The van der Waals surface area contributed by atoms with Gasteiger partial charge in [-0.1, -0.05) is 11.6 Å². The van der Waals surface area contributed by atoms with Gasteiger partial charge in [-0.2, -0.15) is 0 Å². The normalized spacial score (nSPS) is 15.7. The van der Waals surface area contributed by atoms with Crippen LogP contribution in [0.5, 0.6) is 0 Å². The van der Waals surface area contributed by atoms with Crippen LogP contribution in [0, 0.1) is 5.92 Å². The molecule has 2 amide bonds. The molecule has 2 N–H and O–H groups in total. The van der Waals surface area contributed by atoms with Crippen molar-refractivity contribution in [2.75, 3.05) is 30.6 Å². The number of halogens is 1. The van der Waals surface area contributed by atoms with E-state index >= 15 is 0 Å². The summed E-state index contributed by atoms with van der Waals surface area (Å²) < 4.78 is 27.4. The molecular weight excluding hydrogens is 366 g/mol. The lowest BCUT2D eigenvalue weighted by atomic mass is 9.99. The maximum atomic E-state index is 12.5. The van der Waals surface area contributed by atoms with Gasteiger partial charge in [-0.15, -0.1) is 0 Å².